The van der Waals surface area contributed by atoms with Gasteiger partial charge in [0, 0.05) is 23.5 Å². The Balaban J connectivity index is 2.33. The number of ketones is 2. The van der Waals surface area contributed by atoms with Crippen LogP contribution < -0.4 is 0 Å². The molecule has 0 fully saturated rings. The second-order valence-corrected chi connectivity index (χ2v) is 3.96. The first-order valence-corrected chi connectivity index (χ1v) is 5.19. The highest BCUT2D eigenvalue weighted by atomic mass is 16.1. The van der Waals surface area contributed by atoms with Crippen molar-refractivity contribution in [1.82, 2.24) is 9.97 Å². The number of carbonyl (C=O) groups excluding carboxylic acids is 2. The van der Waals surface area contributed by atoms with E-state index in [0.717, 1.165) is 5.56 Å². The lowest BCUT2D eigenvalue weighted by Gasteiger charge is -2.15. The molecule has 0 saturated carbocycles. The summed E-state index contributed by atoms with van der Waals surface area (Å²) in [5.41, 5.74) is 2.07. The third-order valence-electron chi connectivity index (χ3n) is 2.79. The Labute approximate surface area is 97.3 Å². The molecule has 0 amide bonds. The molecule has 0 spiro atoms. The molecule has 0 aliphatic heterocycles. The maximum absolute atomic E-state index is 12.2. The van der Waals surface area contributed by atoms with E-state index >= 15 is 0 Å². The SMILES string of the molecule is Cc1ccc2c(c1)C(=O)c1nccnc1C2=O. The summed E-state index contributed by atoms with van der Waals surface area (Å²) in [5.74, 6) is -0.464. The van der Waals surface area contributed by atoms with Gasteiger partial charge in [-0.1, -0.05) is 11.6 Å². The molecule has 0 atom stereocenters. The molecule has 17 heavy (non-hydrogen) atoms. The Morgan fingerprint density at radius 1 is 0.882 bits per heavy atom. The van der Waals surface area contributed by atoms with Crippen LogP contribution in [0.15, 0.2) is 30.6 Å². The van der Waals surface area contributed by atoms with Crippen LogP contribution in [-0.4, -0.2) is 21.5 Å². The van der Waals surface area contributed by atoms with Crippen molar-refractivity contribution in [3.63, 3.8) is 0 Å². The molecule has 1 aromatic heterocycles. The van der Waals surface area contributed by atoms with Crippen LogP contribution >= 0.6 is 0 Å². The van der Waals surface area contributed by atoms with Crippen molar-refractivity contribution in [3.05, 3.63) is 58.7 Å². The van der Waals surface area contributed by atoms with E-state index in [0.29, 0.717) is 11.1 Å². The molecule has 0 saturated heterocycles. The van der Waals surface area contributed by atoms with Gasteiger partial charge in [0.15, 0.2) is 0 Å². The Hall–Kier alpha value is -2.36. The van der Waals surface area contributed by atoms with Crippen molar-refractivity contribution in [3.8, 4) is 0 Å². The van der Waals surface area contributed by atoms with Crippen molar-refractivity contribution >= 4 is 11.6 Å². The van der Waals surface area contributed by atoms with Gasteiger partial charge in [-0.05, 0) is 19.1 Å². The molecule has 3 rings (SSSR count). The van der Waals surface area contributed by atoms with Crippen LogP contribution in [0.25, 0.3) is 0 Å². The normalized spacial score (nSPS) is 13.2. The largest absolute Gasteiger partial charge is 0.287 e. The number of carbonyl (C=O) groups is 2. The number of rotatable bonds is 0. The zero-order valence-corrected chi connectivity index (χ0v) is 9.10. The summed E-state index contributed by atoms with van der Waals surface area (Å²) in [7, 11) is 0. The number of aromatic nitrogens is 2. The minimum atomic E-state index is -0.234. The van der Waals surface area contributed by atoms with Gasteiger partial charge in [-0.15, -0.1) is 0 Å². The van der Waals surface area contributed by atoms with Crippen LogP contribution in [0.5, 0.6) is 0 Å². The highest BCUT2D eigenvalue weighted by molar-refractivity contribution is 6.26. The molecule has 0 unspecified atom stereocenters. The lowest BCUT2D eigenvalue weighted by atomic mass is 9.89. The minimum absolute atomic E-state index is 0.147. The number of aryl methyl sites for hydroxylation is 1. The van der Waals surface area contributed by atoms with Crippen LogP contribution in [0, 0.1) is 6.92 Å². The number of benzene rings is 1. The van der Waals surface area contributed by atoms with Gasteiger partial charge in [-0.2, -0.15) is 0 Å². The fourth-order valence-electron chi connectivity index (χ4n) is 1.97. The molecule has 1 aromatic carbocycles. The molecule has 0 radical (unpaired) electrons. The van der Waals surface area contributed by atoms with Crippen LogP contribution in [0.1, 0.15) is 37.7 Å². The highest BCUT2D eigenvalue weighted by Crippen LogP contribution is 2.24. The van der Waals surface area contributed by atoms with Gasteiger partial charge in [0.25, 0.3) is 0 Å². The third kappa shape index (κ3) is 1.30. The van der Waals surface area contributed by atoms with E-state index in [1.54, 1.807) is 12.1 Å². The van der Waals surface area contributed by atoms with E-state index in [1.807, 2.05) is 13.0 Å². The molecule has 1 aliphatic carbocycles. The summed E-state index contributed by atoms with van der Waals surface area (Å²) in [5, 5.41) is 0. The maximum atomic E-state index is 12.2. The molecule has 4 heteroatoms. The highest BCUT2D eigenvalue weighted by Gasteiger charge is 2.31. The van der Waals surface area contributed by atoms with Gasteiger partial charge in [0.2, 0.25) is 11.6 Å². The molecule has 82 valence electrons. The first-order valence-electron chi connectivity index (χ1n) is 5.19. The van der Waals surface area contributed by atoms with Crippen molar-refractivity contribution in [1.29, 1.82) is 0 Å². The maximum Gasteiger partial charge on any atom is 0.214 e. The average molecular weight is 224 g/mol. The summed E-state index contributed by atoms with van der Waals surface area (Å²) >= 11 is 0. The standard InChI is InChI=1S/C13H8N2O2/c1-7-2-3-8-9(6-7)13(17)11-10(12(8)16)14-4-5-15-11/h2-6H,1H3. The van der Waals surface area contributed by atoms with Crippen LogP contribution in [0.4, 0.5) is 0 Å². The fraction of sp³-hybridized carbons (Fsp3) is 0.0769. The quantitative estimate of drug-likeness (QED) is 0.581. The van der Waals surface area contributed by atoms with Gasteiger partial charge in [-0.3, -0.25) is 9.59 Å². The van der Waals surface area contributed by atoms with E-state index in [1.165, 1.54) is 12.4 Å². The topological polar surface area (TPSA) is 59.9 Å². The first kappa shape index (κ1) is 9.84. The van der Waals surface area contributed by atoms with E-state index < -0.39 is 0 Å². The first-order chi connectivity index (χ1) is 8.18. The van der Waals surface area contributed by atoms with Gasteiger partial charge in [0.1, 0.15) is 11.4 Å². The van der Waals surface area contributed by atoms with Gasteiger partial charge >= 0.3 is 0 Å². The molecule has 0 N–H and O–H groups in total. The summed E-state index contributed by atoms with van der Waals surface area (Å²) in [6.45, 7) is 1.88. The zero-order chi connectivity index (χ0) is 12.0. The van der Waals surface area contributed by atoms with Crippen LogP contribution in [-0.2, 0) is 0 Å². The summed E-state index contributed by atoms with van der Waals surface area (Å²) in [6.07, 6.45) is 2.84. The Kier molecular flexibility index (Phi) is 1.92. The van der Waals surface area contributed by atoms with Crippen molar-refractivity contribution in [2.75, 3.05) is 0 Å². The lowest BCUT2D eigenvalue weighted by Crippen LogP contribution is -2.23. The second-order valence-electron chi connectivity index (χ2n) is 3.96. The molecule has 4 nitrogen and oxygen atoms in total. The lowest BCUT2D eigenvalue weighted by molar-refractivity contribution is 0.0971. The van der Waals surface area contributed by atoms with E-state index in [-0.39, 0.29) is 23.0 Å². The predicted molar refractivity (Wildman–Crippen MR) is 60.1 cm³/mol. The molecule has 1 heterocycles. The molecule has 0 bridgehead atoms. The minimum Gasteiger partial charge on any atom is -0.287 e. The van der Waals surface area contributed by atoms with Crippen molar-refractivity contribution < 1.29 is 9.59 Å². The zero-order valence-electron chi connectivity index (χ0n) is 9.10. The number of hydrogen-bond acceptors (Lipinski definition) is 4. The van der Waals surface area contributed by atoms with Gasteiger partial charge < -0.3 is 0 Å². The van der Waals surface area contributed by atoms with Crippen molar-refractivity contribution in [2.24, 2.45) is 0 Å². The van der Waals surface area contributed by atoms with Gasteiger partial charge in [0.05, 0.1) is 0 Å². The Morgan fingerprint density at radius 3 is 2.12 bits per heavy atom. The fourth-order valence-corrected chi connectivity index (χ4v) is 1.97. The van der Waals surface area contributed by atoms with E-state index in [2.05, 4.69) is 9.97 Å². The Morgan fingerprint density at radius 2 is 1.47 bits per heavy atom. The molecular formula is C13H8N2O2. The summed E-state index contributed by atoms with van der Waals surface area (Å²) < 4.78 is 0. The van der Waals surface area contributed by atoms with Crippen molar-refractivity contribution in [2.45, 2.75) is 6.92 Å². The number of fused-ring (bicyclic) bond motifs is 2. The Bertz CT molecular complexity index is 662. The number of nitrogens with zero attached hydrogens (tertiary/aromatic N) is 2. The number of hydrogen-bond donors (Lipinski definition) is 0. The van der Waals surface area contributed by atoms with Crippen LogP contribution in [0.3, 0.4) is 0 Å². The van der Waals surface area contributed by atoms with E-state index in [4.69, 9.17) is 0 Å². The third-order valence-corrected chi connectivity index (χ3v) is 2.79. The summed E-state index contributed by atoms with van der Waals surface area (Å²) in [4.78, 5) is 32.1. The monoisotopic (exact) mass is 224 g/mol. The average Bonchev–Trinajstić information content (AvgIpc) is 2.36. The predicted octanol–water partition coefficient (Wildman–Crippen LogP) is 1.56. The smallest absolute Gasteiger partial charge is 0.214 e. The van der Waals surface area contributed by atoms with E-state index in [9.17, 15) is 9.59 Å². The molecule has 2 aromatic rings. The summed E-state index contributed by atoms with van der Waals surface area (Å²) in [6, 6.07) is 5.20. The van der Waals surface area contributed by atoms with Crippen LogP contribution in [0.2, 0.25) is 0 Å². The second kappa shape index (κ2) is 3.31. The molecule has 1 aliphatic rings. The molecular weight excluding hydrogens is 216 g/mol. The van der Waals surface area contributed by atoms with Gasteiger partial charge in [-0.25, -0.2) is 9.97 Å².